The number of ether oxygens (including phenoxy) is 3. The van der Waals surface area contributed by atoms with Gasteiger partial charge in [0.2, 0.25) is 0 Å². The Labute approximate surface area is 204 Å². The number of methoxy groups -OCH3 is 3. The lowest BCUT2D eigenvalue weighted by Crippen LogP contribution is -2.05. The maximum absolute atomic E-state index is 5.46. The van der Waals surface area contributed by atoms with Crippen molar-refractivity contribution in [1.29, 1.82) is 0 Å². The third-order valence-corrected chi connectivity index (χ3v) is 6.58. The summed E-state index contributed by atoms with van der Waals surface area (Å²) in [5.74, 6) is 3.07. The maximum Gasteiger partial charge on any atom is 0.168 e. The summed E-state index contributed by atoms with van der Waals surface area (Å²) in [4.78, 5) is 9.66. The normalized spacial score (nSPS) is 11.3. The molecule has 0 atom stereocenters. The molecule has 0 saturated heterocycles. The molecule has 0 aliphatic carbocycles. The molecule has 35 heavy (non-hydrogen) atoms. The van der Waals surface area contributed by atoms with Crippen LogP contribution in [0.2, 0.25) is 0 Å². The molecule has 5 aromatic rings. The van der Waals surface area contributed by atoms with Crippen LogP contribution < -0.4 is 14.2 Å². The van der Waals surface area contributed by atoms with Crippen LogP contribution in [0.15, 0.2) is 48.8 Å². The van der Waals surface area contributed by atoms with E-state index in [0.717, 1.165) is 58.3 Å². The summed E-state index contributed by atoms with van der Waals surface area (Å²) in [5.41, 5.74) is 6.42. The molecule has 3 aromatic heterocycles. The summed E-state index contributed by atoms with van der Waals surface area (Å²) in [7, 11) is 4.97. The Morgan fingerprint density at radius 2 is 1.57 bits per heavy atom. The molecule has 0 unspecified atom stereocenters. The fourth-order valence-electron chi connectivity index (χ4n) is 4.53. The van der Waals surface area contributed by atoms with Gasteiger partial charge in [-0.25, -0.2) is 14.5 Å². The Balaban J connectivity index is 1.46. The summed E-state index contributed by atoms with van der Waals surface area (Å²) in [6, 6.07) is 14.0. The van der Waals surface area contributed by atoms with Crippen molar-refractivity contribution in [2.45, 2.75) is 33.2 Å². The first-order valence-corrected chi connectivity index (χ1v) is 11.6. The molecule has 0 spiro atoms. The van der Waals surface area contributed by atoms with E-state index in [1.807, 2.05) is 36.4 Å². The average Bonchev–Trinajstić information content (AvgIpc) is 3.40. The summed E-state index contributed by atoms with van der Waals surface area (Å²) < 4.78 is 20.1. The highest BCUT2D eigenvalue weighted by atomic mass is 16.5. The molecule has 3 heterocycles. The molecule has 0 fully saturated rings. The zero-order valence-electron chi connectivity index (χ0n) is 20.7. The Bertz CT molecular complexity index is 1500. The lowest BCUT2D eigenvalue weighted by atomic mass is 10.1. The van der Waals surface area contributed by atoms with E-state index in [2.05, 4.69) is 29.6 Å². The Morgan fingerprint density at radius 3 is 2.29 bits per heavy atom. The molecule has 0 amide bonds. The fourth-order valence-corrected chi connectivity index (χ4v) is 4.53. The van der Waals surface area contributed by atoms with Crippen molar-refractivity contribution in [2.75, 3.05) is 21.3 Å². The standard InChI is InChI=1S/C27H29N5O3/c1-17-18(2)31(13-12-20-8-11-22(34-4)23(14-20)35-5)26-25(17)27-29-24(30-32(27)16-28-26)15-19-6-9-21(33-3)10-7-19/h6-11,14,16H,12-13,15H2,1-5H3. The van der Waals surface area contributed by atoms with Crippen molar-refractivity contribution in [3.8, 4) is 17.2 Å². The second-order valence-electron chi connectivity index (χ2n) is 8.57. The van der Waals surface area contributed by atoms with Crippen LogP contribution in [-0.2, 0) is 19.4 Å². The molecule has 8 nitrogen and oxygen atoms in total. The van der Waals surface area contributed by atoms with Crippen LogP contribution in [0.5, 0.6) is 17.2 Å². The SMILES string of the molecule is COc1ccc(Cc2nc3c4c(C)c(C)n(CCc5ccc(OC)c(OC)c5)c4ncn3n2)cc1. The third-order valence-electron chi connectivity index (χ3n) is 6.58. The summed E-state index contributed by atoms with van der Waals surface area (Å²) in [6.45, 7) is 5.06. The number of rotatable bonds is 8. The predicted molar refractivity (Wildman–Crippen MR) is 135 cm³/mol. The molecule has 0 bridgehead atoms. The van der Waals surface area contributed by atoms with Crippen LogP contribution in [0.1, 0.15) is 28.2 Å². The highest BCUT2D eigenvalue weighted by molar-refractivity contribution is 5.93. The molecule has 2 aromatic carbocycles. The monoisotopic (exact) mass is 471 g/mol. The molecule has 0 N–H and O–H groups in total. The highest BCUT2D eigenvalue weighted by Crippen LogP contribution is 2.30. The van der Waals surface area contributed by atoms with Crippen molar-refractivity contribution in [2.24, 2.45) is 0 Å². The van der Waals surface area contributed by atoms with Gasteiger partial charge in [0.1, 0.15) is 17.7 Å². The molecular formula is C27H29N5O3. The molecule has 8 heteroatoms. The van der Waals surface area contributed by atoms with E-state index >= 15 is 0 Å². The van der Waals surface area contributed by atoms with Gasteiger partial charge < -0.3 is 18.8 Å². The summed E-state index contributed by atoms with van der Waals surface area (Å²) in [6.07, 6.45) is 3.24. The minimum absolute atomic E-state index is 0.644. The zero-order chi connectivity index (χ0) is 24.5. The van der Waals surface area contributed by atoms with Crippen LogP contribution in [0, 0.1) is 13.8 Å². The Morgan fingerprint density at radius 1 is 0.829 bits per heavy atom. The average molecular weight is 472 g/mol. The van der Waals surface area contributed by atoms with E-state index in [0.29, 0.717) is 6.42 Å². The molecule has 0 saturated carbocycles. The van der Waals surface area contributed by atoms with Crippen LogP contribution in [0.3, 0.4) is 0 Å². The number of hydrogen-bond donors (Lipinski definition) is 0. The van der Waals surface area contributed by atoms with Crippen LogP contribution in [-0.4, -0.2) is 45.5 Å². The maximum atomic E-state index is 5.46. The quantitative estimate of drug-likeness (QED) is 0.330. The van der Waals surface area contributed by atoms with Crippen molar-refractivity contribution in [3.63, 3.8) is 0 Å². The van der Waals surface area contributed by atoms with Gasteiger partial charge in [-0.1, -0.05) is 18.2 Å². The van der Waals surface area contributed by atoms with E-state index in [4.69, 9.17) is 24.2 Å². The number of nitrogens with zero attached hydrogens (tertiary/aromatic N) is 5. The van der Waals surface area contributed by atoms with Crippen LogP contribution in [0.4, 0.5) is 0 Å². The summed E-state index contributed by atoms with van der Waals surface area (Å²) in [5, 5.41) is 5.73. The molecule has 5 rings (SSSR count). The number of benzene rings is 2. The second kappa shape index (κ2) is 9.29. The topological polar surface area (TPSA) is 75.7 Å². The Hall–Kier alpha value is -4.07. The molecule has 180 valence electrons. The largest absolute Gasteiger partial charge is 0.497 e. The van der Waals surface area contributed by atoms with E-state index in [-0.39, 0.29) is 0 Å². The zero-order valence-corrected chi connectivity index (χ0v) is 20.7. The van der Waals surface area contributed by atoms with Gasteiger partial charge in [0.25, 0.3) is 0 Å². The van der Waals surface area contributed by atoms with Gasteiger partial charge in [-0.05, 0) is 61.2 Å². The number of fused-ring (bicyclic) bond motifs is 3. The number of hydrogen-bond acceptors (Lipinski definition) is 6. The van der Waals surface area contributed by atoms with Crippen LogP contribution in [0.25, 0.3) is 16.7 Å². The van der Waals surface area contributed by atoms with E-state index in [1.165, 1.54) is 16.8 Å². The van der Waals surface area contributed by atoms with Gasteiger partial charge in [-0.15, -0.1) is 5.10 Å². The van der Waals surface area contributed by atoms with Gasteiger partial charge in [0.15, 0.2) is 23.0 Å². The first-order chi connectivity index (χ1) is 17.0. The molecule has 0 aliphatic rings. The van der Waals surface area contributed by atoms with Crippen molar-refractivity contribution in [1.82, 2.24) is 24.1 Å². The smallest absolute Gasteiger partial charge is 0.168 e. The molecule has 0 radical (unpaired) electrons. The van der Waals surface area contributed by atoms with Gasteiger partial charge in [-0.3, -0.25) is 0 Å². The first-order valence-electron chi connectivity index (χ1n) is 11.6. The number of aromatic nitrogens is 5. The highest BCUT2D eigenvalue weighted by Gasteiger charge is 2.18. The van der Waals surface area contributed by atoms with E-state index < -0.39 is 0 Å². The Kier molecular flexibility index (Phi) is 6.03. The van der Waals surface area contributed by atoms with Crippen molar-refractivity contribution >= 4 is 16.7 Å². The second-order valence-corrected chi connectivity index (χ2v) is 8.57. The minimum atomic E-state index is 0.644. The lowest BCUT2D eigenvalue weighted by Gasteiger charge is -2.11. The summed E-state index contributed by atoms with van der Waals surface area (Å²) >= 11 is 0. The van der Waals surface area contributed by atoms with Gasteiger partial charge in [0.05, 0.1) is 26.7 Å². The minimum Gasteiger partial charge on any atom is -0.497 e. The lowest BCUT2D eigenvalue weighted by molar-refractivity contribution is 0.354. The van der Waals surface area contributed by atoms with Crippen LogP contribution >= 0.6 is 0 Å². The van der Waals surface area contributed by atoms with Gasteiger partial charge in [-0.2, -0.15) is 0 Å². The van der Waals surface area contributed by atoms with Gasteiger partial charge >= 0.3 is 0 Å². The first kappa shape index (κ1) is 22.7. The fraction of sp³-hybridized carbons (Fsp3) is 0.296. The third kappa shape index (κ3) is 4.16. The van der Waals surface area contributed by atoms with Gasteiger partial charge in [0, 0.05) is 18.7 Å². The van der Waals surface area contributed by atoms with Crippen molar-refractivity contribution < 1.29 is 14.2 Å². The molecule has 0 aliphatic heterocycles. The van der Waals surface area contributed by atoms with E-state index in [9.17, 15) is 0 Å². The van der Waals surface area contributed by atoms with Crippen molar-refractivity contribution in [3.05, 3.63) is 77.0 Å². The predicted octanol–water partition coefficient (Wildman–Crippen LogP) is 4.56. The number of aryl methyl sites for hydroxylation is 3. The molecular weight excluding hydrogens is 442 g/mol. The van der Waals surface area contributed by atoms with E-state index in [1.54, 1.807) is 32.2 Å².